The molecule has 0 radical (unpaired) electrons. The molecule has 0 unspecified atom stereocenters. The highest BCUT2D eigenvalue weighted by atomic mass is 19.1. The molecule has 1 N–H and O–H groups in total. The monoisotopic (exact) mass is 324 g/mol. The Balaban J connectivity index is 2.57. The number of amides is 2. The molecule has 1 aliphatic heterocycles. The number of halogens is 2. The molecule has 0 fully saturated rings. The first-order chi connectivity index (χ1) is 10.9. The number of hydrogen-bond donors (Lipinski definition) is 1. The lowest BCUT2D eigenvalue weighted by Gasteiger charge is -2.34. The van der Waals surface area contributed by atoms with Crippen molar-refractivity contribution in [1.29, 1.82) is 0 Å². The van der Waals surface area contributed by atoms with Crippen LogP contribution < -0.4 is 5.32 Å². The first-order valence-electron chi connectivity index (χ1n) is 7.31. The second kappa shape index (κ2) is 6.76. The number of allylic oxidation sites excluding steroid dienone is 1. The molecule has 0 aromatic heterocycles. The van der Waals surface area contributed by atoms with Gasteiger partial charge in [-0.2, -0.15) is 0 Å². The van der Waals surface area contributed by atoms with E-state index in [2.05, 4.69) is 5.32 Å². The number of benzene rings is 1. The third-order valence-corrected chi connectivity index (χ3v) is 3.68. The summed E-state index contributed by atoms with van der Waals surface area (Å²) in [5, 5.41) is 2.58. The van der Waals surface area contributed by atoms with Crippen molar-refractivity contribution in [3.63, 3.8) is 0 Å². The number of hydrogen-bond acceptors (Lipinski definition) is 3. The van der Waals surface area contributed by atoms with Crippen LogP contribution in [-0.4, -0.2) is 30.1 Å². The average Bonchev–Trinajstić information content (AvgIpc) is 2.47. The van der Waals surface area contributed by atoms with Crippen molar-refractivity contribution < 1.29 is 23.1 Å². The molecule has 1 atom stereocenters. The lowest BCUT2D eigenvalue weighted by atomic mass is 9.94. The van der Waals surface area contributed by atoms with Crippen LogP contribution in [-0.2, 0) is 9.53 Å². The molecule has 0 saturated heterocycles. The van der Waals surface area contributed by atoms with Crippen LogP contribution in [0.2, 0.25) is 0 Å². The third kappa shape index (κ3) is 3.18. The molecule has 0 spiro atoms. The second-order valence-corrected chi connectivity index (χ2v) is 5.01. The highest BCUT2D eigenvalue weighted by molar-refractivity contribution is 5.95. The van der Waals surface area contributed by atoms with Gasteiger partial charge in [0.1, 0.15) is 11.6 Å². The first kappa shape index (κ1) is 16.9. The zero-order chi connectivity index (χ0) is 17.1. The van der Waals surface area contributed by atoms with Crippen molar-refractivity contribution in [1.82, 2.24) is 10.2 Å². The summed E-state index contributed by atoms with van der Waals surface area (Å²) in [4.78, 5) is 25.8. The SMILES string of the molecule is CCOC(=O)C1=C(C)N(CC)C(=O)N[C@H]1c1ccc(F)cc1F. The van der Waals surface area contributed by atoms with Crippen LogP contribution in [0.4, 0.5) is 13.6 Å². The quantitative estimate of drug-likeness (QED) is 0.867. The van der Waals surface area contributed by atoms with Gasteiger partial charge in [-0.3, -0.25) is 4.90 Å². The lowest BCUT2D eigenvalue weighted by Crippen LogP contribution is -2.48. The molecule has 23 heavy (non-hydrogen) atoms. The Morgan fingerprint density at radius 2 is 2.04 bits per heavy atom. The van der Waals surface area contributed by atoms with Gasteiger partial charge in [0.2, 0.25) is 0 Å². The number of esters is 1. The third-order valence-electron chi connectivity index (χ3n) is 3.68. The normalized spacial score (nSPS) is 18.0. The maximum atomic E-state index is 14.1. The van der Waals surface area contributed by atoms with Gasteiger partial charge in [-0.1, -0.05) is 6.07 Å². The molecule has 0 bridgehead atoms. The van der Waals surface area contributed by atoms with Crippen LogP contribution in [0.5, 0.6) is 0 Å². The van der Waals surface area contributed by atoms with E-state index in [1.807, 2.05) is 0 Å². The molecule has 1 aromatic carbocycles. The summed E-state index contributed by atoms with van der Waals surface area (Å²) in [5.74, 6) is -2.21. The fourth-order valence-corrected chi connectivity index (χ4v) is 2.60. The zero-order valence-corrected chi connectivity index (χ0v) is 13.2. The number of nitrogens with one attached hydrogen (secondary N) is 1. The summed E-state index contributed by atoms with van der Waals surface area (Å²) in [6.07, 6.45) is 0. The van der Waals surface area contributed by atoms with Gasteiger partial charge in [0.05, 0.1) is 18.2 Å². The summed E-state index contributed by atoms with van der Waals surface area (Å²) in [6.45, 7) is 5.50. The van der Waals surface area contributed by atoms with Crippen molar-refractivity contribution in [3.8, 4) is 0 Å². The minimum absolute atomic E-state index is 0.0120. The maximum absolute atomic E-state index is 14.1. The Morgan fingerprint density at radius 3 is 2.61 bits per heavy atom. The second-order valence-electron chi connectivity index (χ2n) is 5.01. The predicted octanol–water partition coefficient (Wildman–Crippen LogP) is 2.89. The van der Waals surface area contributed by atoms with Gasteiger partial charge in [0.25, 0.3) is 0 Å². The molecule has 2 amide bonds. The zero-order valence-electron chi connectivity index (χ0n) is 13.2. The molecule has 2 rings (SSSR count). The minimum Gasteiger partial charge on any atom is -0.463 e. The Kier molecular flexibility index (Phi) is 4.98. The van der Waals surface area contributed by atoms with Crippen molar-refractivity contribution in [2.45, 2.75) is 26.8 Å². The molecule has 1 aliphatic rings. The van der Waals surface area contributed by atoms with Crippen LogP contribution in [0, 0.1) is 11.6 Å². The summed E-state index contributed by atoms with van der Waals surface area (Å²) in [5.41, 5.74) is 0.542. The number of carbonyl (C=O) groups excluding carboxylic acids is 2. The van der Waals surface area contributed by atoms with E-state index in [9.17, 15) is 18.4 Å². The predicted molar refractivity (Wildman–Crippen MR) is 79.3 cm³/mol. The van der Waals surface area contributed by atoms with E-state index in [4.69, 9.17) is 4.74 Å². The average molecular weight is 324 g/mol. The maximum Gasteiger partial charge on any atom is 0.338 e. The van der Waals surface area contributed by atoms with Crippen LogP contribution in [0.25, 0.3) is 0 Å². The number of urea groups is 1. The standard InChI is InChI=1S/C16H18F2N2O3/c1-4-20-9(3)13(15(21)23-5-2)14(19-16(20)22)11-7-6-10(17)8-12(11)18/h6-8,14H,4-5H2,1-3H3,(H,19,22)/t14-/m0/s1. The van der Waals surface area contributed by atoms with E-state index in [1.165, 1.54) is 11.0 Å². The van der Waals surface area contributed by atoms with Crippen molar-refractivity contribution in [2.75, 3.05) is 13.2 Å². The molecule has 0 aliphatic carbocycles. The summed E-state index contributed by atoms with van der Waals surface area (Å²) in [6, 6.07) is 1.53. The van der Waals surface area contributed by atoms with Gasteiger partial charge >= 0.3 is 12.0 Å². The molecule has 124 valence electrons. The summed E-state index contributed by atoms with van der Waals surface area (Å²) < 4.78 is 32.3. The Morgan fingerprint density at radius 1 is 1.35 bits per heavy atom. The van der Waals surface area contributed by atoms with Gasteiger partial charge in [0, 0.05) is 23.9 Å². The van der Waals surface area contributed by atoms with E-state index in [0.717, 1.165) is 6.07 Å². The van der Waals surface area contributed by atoms with Gasteiger partial charge < -0.3 is 10.1 Å². The summed E-state index contributed by atoms with van der Waals surface area (Å²) >= 11 is 0. The van der Waals surface area contributed by atoms with E-state index in [1.54, 1.807) is 20.8 Å². The Hall–Kier alpha value is -2.44. The number of rotatable bonds is 4. The molecule has 7 heteroatoms. The van der Waals surface area contributed by atoms with Crippen LogP contribution in [0.15, 0.2) is 29.5 Å². The highest BCUT2D eigenvalue weighted by Gasteiger charge is 2.37. The van der Waals surface area contributed by atoms with Crippen molar-refractivity contribution in [2.24, 2.45) is 0 Å². The smallest absolute Gasteiger partial charge is 0.338 e. The van der Waals surface area contributed by atoms with Crippen LogP contribution in [0.3, 0.4) is 0 Å². The Labute approximate surface area is 132 Å². The number of nitrogens with zero attached hydrogens (tertiary/aromatic N) is 1. The Bertz CT molecular complexity index is 673. The molecule has 1 heterocycles. The lowest BCUT2D eigenvalue weighted by molar-refractivity contribution is -0.139. The van der Waals surface area contributed by atoms with E-state index in [0.29, 0.717) is 18.3 Å². The largest absolute Gasteiger partial charge is 0.463 e. The van der Waals surface area contributed by atoms with Gasteiger partial charge in [0.15, 0.2) is 0 Å². The van der Waals surface area contributed by atoms with Crippen LogP contribution >= 0.6 is 0 Å². The van der Waals surface area contributed by atoms with Crippen LogP contribution in [0.1, 0.15) is 32.4 Å². The fraction of sp³-hybridized carbons (Fsp3) is 0.375. The van der Waals surface area contributed by atoms with E-state index < -0.39 is 29.7 Å². The highest BCUT2D eigenvalue weighted by Crippen LogP contribution is 2.32. The number of carbonyl (C=O) groups is 2. The molecule has 1 aromatic rings. The molecule has 5 nitrogen and oxygen atoms in total. The van der Waals surface area contributed by atoms with Gasteiger partial charge in [-0.25, -0.2) is 18.4 Å². The number of ether oxygens (including phenoxy) is 1. The molecular formula is C16H18F2N2O3. The molecule has 0 saturated carbocycles. The summed E-state index contributed by atoms with van der Waals surface area (Å²) in [7, 11) is 0. The van der Waals surface area contributed by atoms with Gasteiger partial charge in [-0.05, 0) is 26.8 Å². The van der Waals surface area contributed by atoms with E-state index >= 15 is 0 Å². The van der Waals surface area contributed by atoms with Crippen molar-refractivity contribution >= 4 is 12.0 Å². The molecular weight excluding hydrogens is 306 g/mol. The topological polar surface area (TPSA) is 58.6 Å². The minimum atomic E-state index is -1.02. The first-order valence-corrected chi connectivity index (χ1v) is 7.31. The fourth-order valence-electron chi connectivity index (χ4n) is 2.60. The van der Waals surface area contributed by atoms with Crippen molar-refractivity contribution in [3.05, 3.63) is 46.7 Å². The van der Waals surface area contributed by atoms with E-state index in [-0.39, 0.29) is 17.7 Å². The van der Waals surface area contributed by atoms with Gasteiger partial charge in [-0.15, -0.1) is 0 Å².